The topological polar surface area (TPSA) is 12.0 Å². The van der Waals surface area contributed by atoms with Crippen molar-refractivity contribution in [1.29, 1.82) is 0 Å². The molecule has 0 spiro atoms. The van der Waals surface area contributed by atoms with Gasteiger partial charge in [-0.1, -0.05) is 66.7 Å². The number of rotatable bonds is 6. The average Bonchev–Trinajstić information content (AvgIpc) is 2.88. The second-order valence-electron chi connectivity index (χ2n) is 5.36. The fourth-order valence-corrected chi connectivity index (χ4v) is 3.63. The molecule has 1 atom stereocenters. The maximum atomic E-state index is 3.68. The summed E-state index contributed by atoms with van der Waals surface area (Å²) in [6.45, 7) is 3.23. The molecule has 1 aliphatic rings. The first kappa shape index (κ1) is 14.1. The van der Waals surface area contributed by atoms with E-state index in [1.165, 1.54) is 48.6 Å². The highest BCUT2D eigenvalue weighted by atomic mass is 79.9. The standard InChI is InChI=1S/C16H24BrN/c1-2-18-16(12-11-13-7-3-4-8-13)14-9-5-6-10-15(14)17/h5-6,9-10,13,16,18H,2-4,7-8,11-12H2,1H3. The predicted molar refractivity (Wildman–Crippen MR) is 81.8 cm³/mol. The Morgan fingerprint density at radius 3 is 2.67 bits per heavy atom. The van der Waals surface area contributed by atoms with Crippen LogP contribution in [0.2, 0.25) is 0 Å². The third-order valence-electron chi connectivity index (χ3n) is 4.07. The van der Waals surface area contributed by atoms with E-state index in [9.17, 15) is 0 Å². The van der Waals surface area contributed by atoms with Gasteiger partial charge < -0.3 is 5.32 Å². The summed E-state index contributed by atoms with van der Waals surface area (Å²) in [5.74, 6) is 0.980. The molecule has 0 heterocycles. The molecule has 0 amide bonds. The van der Waals surface area contributed by atoms with E-state index in [2.05, 4.69) is 52.4 Å². The lowest BCUT2D eigenvalue weighted by Gasteiger charge is -2.21. The molecule has 1 fully saturated rings. The van der Waals surface area contributed by atoms with Crippen molar-refractivity contribution in [1.82, 2.24) is 5.32 Å². The largest absolute Gasteiger partial charge is 0.310 e. The number of nitrogens with one attached hydrogen (secondary N) is 1. The molecule has 1 unspecified atom stereocenters. The SMILES string of the molecule is CCNC(CCC1CCCC1)c1ccccc1Br. The van der Waals surface area contributed by atoms with Crippen LogP contribution in [0.5, 0.6) is 0 Å². The lowest BCUT2D eigenvalue weighted by molar-refractivity contribution is 0.416. The van der Waals surface area contributed by atoms with Crippen LogP contribution in [0.15, 0.2) is 28.7 Å². The number of halogens is 1. The van der Waals surface area contributed by atoms with Crippen LogP contribution in [-0.4, -0.2) is 6.54 Å². The minimum atomic E-state index is 0.506. The summed E-state index contributed by atoms with van der Waals surface area (Å²) in [4.78, 5) is 0. The molecule has 1 aliphatic carbocycles. The molecule has 1 saturated carbocycles. The minimum Gasteiger partial charge on any atom is -0.310 e. The quantitative estimate of drug-likeness (QED) is 0.773. The van der Waals surface area contributed by atoms with Gasteiger partial charge in [-0.2, -0.15) is 0 Å². The van der Waals surface area contributed by atoms with Crippen LogP contribution in [0.25, 0.3) is 0 Å². The molecule has 0 saturated heterocycles. The van der Waals surface area contributed by atoms with Gasteiger partial charge in [0.25, 0.3) is 0 Å². The van der Waals surface area contributed by atoms with E-state index in [1.54, 1.807) is 0 Å². The summed E-state index contributed by atoms with van der Waals surface area (Å²) in [7, 11) is 0. The second-order valence-corrected chi connectivity index (χ2v) is 6.21. The van der Waals surface area contributed by atoms with Crippen molar-refractivity contribution in [2.24, 2.45) is 5.92 Å². The van der Waals surface area contributed by atoms with E-state index in [-0.39, 0.29) is 0 Å². The molecular weight excluding hydrogens is 286 g/mol. The maximum Gasteiger partial charge on any atom is 0.0331 e. The lowest BCUT2D eigenvalue weighted by atomic mass is 9.95. The van der Waals surface area contributed by atoms with Crippen molar-refractivity contribution in [3.05, 3.63) is 34.3 Å². The smallest absolute Gasteiger partial charge is 0.0331 e. The van der Waals surface area contributed by atoms with Crippen molar-refractivity contribution < 1.29 is 0 Å². The van der Waals surface area contributed by atoms with E-state index in [0.717, 1.165) is 12.5 Å². The van der Waals surface area contributed by atoms with Gasteiger partial charge in [-0.15, -0.1) is 0 Å². The maximum absolute atomic E-state index is 3.68. The average molecular weight is 310 g/mol. The second kappa shape index (κ2) is 7.30. The molecule has 0 aliphatic heterocycles. The van der Waals surface area contributed by atoms with Gasteiger partial charge >= 0.3 is 0 Å². The molecule has 1 aromatic carbocycles. The van der Waals surface area contributed by atoms with E-state index >= 15 is 0 Å². The molecular formula is C16H24BrN. The van der Waals surface area contributed by atoms with Crippen LogP contribution in [0.3, 0.4) is 0 Å². The fraction of sp³-hybridized carbons (Fsp3) is 0.625. The van der Waals surface area contributed by atoms with Gasteiger partial charge in [0, 0.05) is 10.5 Å². The zero-order valence-corrected chi connectivity index (χ0v) is 12.9. The molecule has 0 aromatic heterocycles. The first-order chi connectivity index (χ1) is 8.81. The zero-order valence-electron chi connectivity index (χ0n) is 11.3. The van der Waals surface area contributed by atoms with Gasteiger partial charge in [0.15, 0.2) is 0 Å². The van der Waals surface area contributed by atoms with Crippen molar-refractivity contribution in [3.63, 3.8) is 0 Å². The van der Waals surface area contributed by atoms with Crippen LogP contribution in [0.1, 0.15) is 57.1 Å². The van der Waals surface area contributed by atoms with Gasteiger partial charge in [0.2, 0.25) is 0 Å². The van der Waals surface area contributed by atoms with Crippen LogP contribution >= 0.6 is 15.9 Å². The predicted octanol–water partition coefficient (Wildman–Crippen LogP) is 5.07. The first-order valence-corrected chi connectivity index (χ1v) is 8.08. The van der Waals surface area contributed by atoms with Gasteiger partial charge in [0.1, 0.15) is 0 Å². The summed E-state index contributed by atoms with van der Waals surface area (Å²) in [5.41, 5.74) is 1.41. The van der Waals surface area contributed by atoms with Gasteiger partial charge in [-0.3, -0.25) is 0 Å². The van der Waals surface area contributed by atoms with E-state index in [4.69, 9.17) is 0 Å². The van der Waals surface area contributed by atoms with E-state index in [0.29, 0.717) is 6.04 Å². The Bertz CT molecular complexity index is 358. The van der Waals surface area contributed by atoms with Gasteiger partial charge in [0.05, 0.1) is 0 Å². The first-order valence-electron chi connectivity index (χ1n) is 7.29. The highest BCUT2D eigenvalue weighted by molar-refractivity contribution is 9.10. The van der Waals surface area contributed by atoms with Crippen LogP contribution in [0, 0.1) is 5.92 Å². The lowest BCUT2D eigenvalue weighted by Crippen LogP contribution is -2.21. The third kappa shape index (κ3) is 3.83. The van der Waals surface area contributed by atoms with E-state index in [1.807, 2.05) is 0 Å². The Balaban J connectivity index is 1.96. The molecule has 1 nitrogen and oxygen atoms in total. The molecule has 2 rings (SSSR count). The fourth-order valence-electron chi connectivity index (χ4n) is 3.07. The molecule has 0 bridgehead atoms. The number of benzene rings is 1. The Morgan fingerprint density at radius 1 is 1.28 bits per heavy atom. The minimum absolute atomic E-state index is 0.506. The molecule has 1 aromatic rings. The molecule has 2 heteroatoms. The highest BCUT2D eigenvalue weighted by Gasteiger charge is 2.18. The van der Waals surface area contributed by atoms with Crippen LogP contribution < -0.4 is 5.32 Å². The zero-order chi connectivity index (χ0) is 12.8. The van der Waals surface area contributed by atoms with E-state index < -0.39 is 0 Å². The normalized spacial score (nSPS) is 18.1. The Hall–Kier alpha value is -0.340. The molecule has 0 radical (unpaired) electrons. The van der Waals surface area contributed by atoms with Crippen molar-refractivity contribution in [2.45, 2.75) is 51.5 Å². The Kier molecular flexibility index (Phi) is 5.71. The van der Waals surface area contributed by atoms with Crippen LogP contribution in [-0.2, 0) is 0 Å². The highest BCUT2D eigenvalue weighted by Crippen LogP contribution is 2.33. The third-order valence-corrected chi connectivity index (χ3v) is 4.79. The Morgan fingerprint density at radius 2 is 2.00 bits per heavy atom. The van der Waals surface area contributed by atoms with Gasteiger partial charge in [-0.05, 0) is 36.9 Å². The number of hydrogen-bond acceptors (Lipinski definition) is 1. The summed E-state index contributed by atoms with van der Waals surface area (Å²) >= 11 is 3.68. The van der Waals surface area contributed by atoms with Gasteiger partial charge in [-0.25, -0.2) is 0 Å². The number of hydrogen-bond donors (Lipinski definition) is 1. The van der Waals surface area contributed by atoms with Crippen molar-refractivity contribution in [2.75, 3.05) is 6.54 Å². The summed E-state index contributed by atoms with van der Waals surface area (Å²) in [6.07, 6.45) is 8.45. The molecule has 100 valence electrons. The van der Waals surface area contributed by atoms with Crippen LogP contribution in [0.4, 0.5) is 0 Å². The summed E-state index contributed by atoms with van der Waals surface area (Å²) < 4.78 is 1.24. The van der Waals surface area contributed by atoms with Crippen molar-refractivity contribution in [3.8, 4) is 0 Å². The monoisotopic (exact) mass is 309 g/mol. The molecule has 1 N–H and O–H groups in total. The van der Waals surface area contributed by atoms with Crippen molar-refractivity contribution >= 4 is 15.9 Å². The summed E-state index contributed by atoms with van der Waals surface area (Å²) in [6, 6.07) is 9.13. The summed E-state index contributed by atoms with van der Waals surface area (Å²) in [5, 5.41) is 3.63. The Labute approximate surface area is 119 Å². The molecule has 18 heavy (non-hydrogen) atoms.